The first-order valence-electron chi connectivity index (χ1n) is 8.79. The number of hydrogen-bond acceptors (Lipinski definition) is 2. The van der Waals surface area contributed by atoms with Crippen molar-refractivity contribution in [3.63, 3.8) is 0 Å². The number of hydrogen-bond donors (Lipinski definition) is 2. The van der Waals surface area contributed by atoms with Gasteiger partial charge in [0.25, 0.3) is 0 Å². The van der Waals surface area contributed by atoms with Gasteiger partial charge in [-0.3, -0.25) is 9.11 Å². The molecule has 6 heteroatoms. The molecule has 22 heavy (non-hydrogen) atoms. The Morgan fingerprint density at radius 3 is 1.00 bits per heavy atom. The van der Waals surface area contributed by atoms with Crippen molar-refractivity contribution in [2.45, 2.75) is 79.1 Å². The third-order valence-electron chi connectivity index (χ3n) is 3.94. The predicted molar refractivity (Wildman–Crippen MR) is 95.8 cm³/mol. The van der Waals surface area contributed by atoms with Gasteiger partial charge in [-0.1, -0.05) is 53.4 Å². The van der Waals surface area contributed by atoms with Crippen LogP contribution in [0.15, 0.2) is 0 Å². The van der Waals surface area contributed by atoms with E-state index in [0.717, 1.165) is 0 Å². The Morgan fingerprint density at radius 1 is 0.682 bits per heavy atom. The fourth-order valence-electron chi connectivity index (χ4n) is 2.64. The molecule has 0 aliphatic rings. The Labute approximate surface area is 141 Å². The van der Waals surface area contributed by atoms with Crippen LogP contribution in [0.2, 0.25) is 0 Å². The van der Waals surface area contributed by atoms with Crippen molar-refractivity contribution < 1.29 is 24.9 Å². The van der Waals surface area contributed by atoms with Crippen molar-refractivity contribution in [1.82, 2.24) is 0 Å². The van der Waals surface area contributed by atoms with E-state index < -0.39 is 10.4 Å². The molecule has 136 valence electrons. The minimum atomic E-state index is -4.67. The molecule has 0 aromatic heterocycles. The molecule has 0 aromatic rings. The van der Waals surface area contributed by atoms with Gasteiger partial charge >= 0.3 is 13.3 Å². The van der Waals surface area contributed by atoms with Gasteiger partial charge in [0.15, 0.2) is 0 Å². The van der Waals surface area contributed by atoms with Gasteiger partial charge in [-0.2, -0.15) is 8.42 Å². The van der Waals surface area contributed by atoms with Gasteiger partial charge < -0.3 is 4.48 Å². The van der Waals surface area contributed by atoms with Crippen LogP contribution in [0.4, 0.5) is 0 Å². The molecular formula is C16H40NO4S+3. The van der Waals surface area contributed by atoms with Crippen LogP contribution < -0.4 is 0 Å². The Kier molecular flexibility index (Phi) is 15.8. The first kappa shape index (κ1) is 24.1. The minimum absolute atomic E-state index is 0. The Hall–Kier alpha value is -0.170. The maximum absolute atomic E-state index is 8.74. The molecule has 0 aliphatic heterocycles. The van der Waals surface area contributed by atoms with Gasteiger partial charge in [-0.25, -0.2) is 0 Å². The molecule has 0 bridgehead atoms. The van der Waals surface area contributed by atoms with E-state index in [1.807, 2.05) is 0 Å². The van der Waals surface area contributed by atoms with Crippen LogP contribution >= 0.6 is 0 Å². The van der Waals surface area contributed by atoms with Crippen LogP contribution in [0.1, 0.15) is 81.9 Å². The minimum Gasteiger partial charge on any atom is -0.324 e. The monoisotopic (exact) mass is 342 g/mol. The third-order valence-corrected chi connectivity index (χ3v) is 3.94. The van der Waals surface area contributed by atoms with Crippen LogP contribution in [0.5, 0.6) is 0 Å². The molecule has 0 aromatic carbocycles. The number of rotatable bonds is 12. The van der Waals surface area contributed by atoms with Crippen LogP contribution in [-0.2, 0) is 10.4 Å². The molecule has 0 atom stereocenters. The topological polar surface area (TPSA) is 74.6 Å². The molecule has 0 saturated heterocycles. The second-order valence-electron chi connectivity index (χ2n) is 6.10. The highest BCUT2D eigenvalue weighted by Gasteiger charge is 2.24. The molecule has 0 spiro atoms. The van der Waals surface area contributed by atoms with Gasteiger partial charge in [0.1, 0.15) is 0 Å². The molecule has 0 heterocycles. The molecule has 0 fully saturated rings. The van der Waals surface area contributed by atoms with Crippen molar-refractivity contribution in [2.24, 2.45) is 0 Å². The third kappa shape index (κ3) is 17.9. The number of nitrogens with zero attached hydrogens (tertiary/aromatic N) is 1. The SMILES string of the molecule is CCCC[N+](CCCC)(CCCC)CCCC.O=S(=O)(O)O.[H+].[H+]. The van der Waals surface area contributed by atoms with Crippen molar-refractivity contribution >= 4 is 10.4 Å². The molecule has 0 saturated carbocycles. The lowest BCUT2D eigenvalue weighted by Crippen LogP contribution is -2.50. The van der Waals surface area contributed by atoms with Crippen molar-refractivity contribution in [3.8, 4) is 0 Å². The summed E-state index contributed by atoms with van der Waals surface area (Å²) in [7, 11) is -4.67. The van der Waals surface area contributed by atoms with E-state index in [2.05, 4.69) is 27.7 Å². The molecule has 0 aliphatic carbocycles. The summed E-state index contributed by atoms with van der Waals surface area (Å²) in [5.41, 5.74) is 0. The summed E-state index contributed by atoms with van der Waals surface area (Å²) in [6.07, 6.45) is 11.1. The summed E-state index contributed by atoms with van der Waals surface area (Å²) in [5, 5.41) is 0. The first-order chi connectivity index (χ1) is 10.2. The fraction of sp³-hybridized carbons (Fsp3) is 1.00. The van der Waals surface area contributed by atoms with E-state index in [1.54, 1.807) is 0 Å². The normalized spacial score (nSPS) is 11.9. The highest BCUT2D eigenvalue weighted by Crippen LogP contribution is 2.16. The summed E-state index contributed by atoms with van der Waals surface area (Å²) < 4.78 is 33.0. The summed E-state index contributed by atoms with van der Waals surface area (Å²) >= 11 is 0. The van der Waals surface area contributed by atoms with E-state index in [4.69, 9.17) is 17.5 Å². The van der Waals surface area contributed by atoms with Crippen LogP contribution in [0.25, 0.3) is 0 Å². The second-order valence-corrected chi connectivity index (χ2v) is 6.99. The second kappa shape index (κ2) is 14.4. The average molecular weight is 343 g/mol. The average Bonchev–Trinajstić information content (AvgIpc) is 2.44. The lowest BCUT2D eigenvalue weighted by atomic mass is 10.1. The zero-order chi connectivity index (χ0) is 17.5. The zero-order valence-corrected chi connectivity index (χ0v) is 15.9. The van der Waals surface area contributed by atoms with Gasteiger partial charge in [0.05, 0.1) is 26.2 Å². The molecule has 0 rings (SSSR count). The molecule has 0 radical (unpaired) electrons. The number of quaternary nitrogens is 1. The Morgan fingerprint density at radius 2 is 0.864 bits per heavy atom. The first-order valence-corrected chi connectivity index (χ1v) is 10.2. The standard InChI is InChI=1S/C16H36N.H2O4S/c1-5-9-13-17(14-10-6-2,15-11-7-3)16-12-8-4;1-5(2,3)4/h5-16H2,1-4H3;(H2,1,2,3,4)/q+1;/p+2. The largest absolute Gasteiger partial charge is 1.00 e. The Balaban J connectivity index is -0.000000250. The van der Waals surface area contributed by atoms with E-state index in [9.17, 15) is 0 Å². The summed E-state index contributed by atoms with van der Waals surface area (Å²) in [6.45, 7) is 15.0. The molecule has 5 nitrogen and oxygen atoms in total. The smallest absolute Gasteiger partial charge is 0.324 e. The van der Waals surface area contributed by atoms with Crippen molar-refractivity contribution in [3.05, 3.63) is 0 Å². The molecular weight excluding hydrogens is 302 g/mol. The van der Waals surface area contributed by atoms with Crippen molar-refractivity contribution in [1.29, 1.82) is 0 Å². The highest BCUT2D eigenvalue weighted by molar-refractivity contribution is 7.79. The van der Waals surface area contributed by atoms with Gasteiger partial charge in [0, 0.05) is 0 Å². The number of unbranched alkanes of at least 4 members (excludes halogenated alkanes) is 4. The highest BCUT2D eigenvalue weighted by atomic mass is 32.3. The van der Waals surface area contributed by atoms with Crippen LogP contribution in [-0.4, -0.2) is 48.2 Å². The quantitative estimate of drug-likeness (QED) is 0.402. The molecule has 0 amide bonds. The lowest BCUT2D eigenvalue weighted by molar-refractivity contribution is -0.929. The maximum atomic E-state index is 8.74. The Bertz CT molecular complexity index is 295. The van der Waals surface area contributed by atoms with Crippen LogP contribution in [0.3, 0.4) is 0 Å². The van der Waals surface area contributed by atoms with E-state index in [1.165, 1.54) is 82.0 Å². The summed E-state index contributed by atoms with van der Waals surface area (Å²) in [4.78, 5) is 0. The lowest BCUT2D eigenvalue weighted by Gasteiger charge is -2.39. The maximum Gasteiger partial charge on any atom is 1.00 e. The van der Waals surface area contributed by atoms with Crippen molar-refractivity contribution in [2.75, 3.05) is 26.2 Å². The summed E-state index contributed by atoms with van der Waals surface area (Å²) in [5.74, 6) is 0. The van der Waals surface area contributed by atoms with Gasteiger partial charge in [-0.05, 0) is 25.7 Å². The zero-order valence-electron chi connectivity index (χ0n) is 17.1. The molecule has 2 N–H and O–H groups in total. The van der Waals surface area contributed by atoms with Crippen LogP contribution in [0, 0.1) is 0 Å². The van der Waals surface area contributed by atoms with Gasteiger partial charge in [0.2, 0.25) is 0 Å². The summed E-state index contributed by atoms with van der Waals surface area (Å²) in [6, 6.07) is 0. The van der Waals surface area contributed by atoms with E-state index in [0.29, 0.717) is 0 Å². The molecule has 0 unspecified atom stereocenters. The van der Waals surface area contributed by atoms with E-state index in [-0.39, 0.29) is 2.85 Å². The van der Waals surface area contributed by atoms with Gasteiger partial charge in [-0.15, -0.1) is 0 Å². The van der Waals surface area contributed by atoms with E-state index >= 15 is 0 Å². The fourth-order valence-corrected chi connectivity index (χ4v) is 2.64. The predicted octanol–water partition coefficient (Wildman–Crippen LogP) is 4.58.